The fourth-order valence-electron chi connectivity index (χ4n) is 4.55. The summed E-state index contributed by atoms with van der Waals surface area (Å²) in [4.78, 5) is 30.4. The van der Waals surface area contributed by atoms with Gasteiger partial charge >= 0.3 is 0 Å². The topological polar surface area (TPSA) is 71.0 Å². The second kappa shape index (κ2) is 6.93. The first-order valence-corrected chi connectivity index (χ1v) is 10.1. The molecule has 0 unspecified atom stereocenters. The standard InChI is InChI=1S/C22H24N4O2/c27-21-12-16-4-3-7-19(16)24-26(21)14-15-8-10-25(11-9-15)22(28)18-13-23-20-6-2-1-5-17(18)20/h1-2,5-6,12-13,15,23H,3-4,7-11,14H2. The first kappa shape index (κ1) is 17.2. The van der Waals surface area contributed by atoms with Gasteiger partial charge in [0.05, 0.1) is 11.3 Å². The van der Waals surface area contributed by atoms with Crippen molar-refractivity contribution in [3.05, 3.63) is 63.7 Å². The summed E-state index contributed by atoms with van der Waals surface area (Å²) in [6.45, 7) is 2.10. The zero-order valence-electron chi connectivity index (χ0n) is 15.9. The molecule has 0 bridgehead atoms. The van der Waals surface area contributed by atoms with Gasteiger partial charge in [-0.2, -0.15) is 5.10 Å². The highest BCUT2D eigenvalue weighted by atomic mass is 16.2. The molecule has 6 nitrogen and oxygen atoms in total. The second-order valence-corrected chi connectivity index (χ2v) is 7.97. The minimum atomic E-state index is 0.0120. The summed E-state index contributed by atoms with van der Waals surface area (Å²) in [6.07, 6.45) is 6.67. The van der Waals surface area contributed by atoms with Crippen LogP contribution in [0.5, 0.6) is 0 Å². The van der Waals surface area contributed by atoms with E-state index in [1.54, 1.807) is 10.7 Å². The summed E-state index contributed by atoms with van der Waals surface area (Å²) in [5.74, 6) is 0.473. The molecule has 1 aromatic carbocycles. The van der Waals surface area contributed by atoms with Crippen LogP contribution in [-0.2, 0) is 19.4 Å². The summed E-state index contributed by atoms with van der Waals surface area (Å²) < 4.78 is 1.64. The maximum Gasteiger partial charge on any atom is 0.267 e. The van der Waals surface area contributed by atoms with Gasteiger partial charge in [-0.25, -0.2) is 4.68 Å². The zero-order chi connectivity index (χ0) is 19.1. The highest BCUT2D eigenvalue weighted by Gasteiger charge is 2.26. The molecule has 6 heteroatoms. The van der Waals surface area contributed by atoms with Gasteiger partial charge in [0.25, 0.3) is 11.5 Å². The molecule has 3 heterocycles. The number of aromatic amines is 1. The molecule has 0 saturated carbocycles. The highest BCUT2D eigenvalue weighted by molar-refractivity contribution is 6.06. The molecule has 5 rings (SSSR count). The molecule has 0 atom stereocenters. The molecule has 0 radical (unpaired) electrons. The Hall–Kier alpha value is -2.89. The Balaban J connectivity index is 1.25. The number of benzene rings is 1. The lowest BCUT2D eigenvalue weighted by atomic mass is 9.96. The lowest BCUT2D eigenvalue weighted by molar-refractivity contribution is 0.0682. The molecule has 2 aromatic heterocycles. The Morgan fingerprint density at radius 1 is 1.18 bits per heavy atom. The van der Waals surface area contributed by atoms with E-state index in [-0.39, 0.29) is 11.5 Å². The molecular formula is C22H24N4O2. The number of carbonyl (C=O) groups excluding carboxylic acids is 1. The fraction of sp³-hybridized carbons (Fsp3) is 0.409. The minimum absolute atomic E-state index is 0.0120. The van der Waals surface area contributed by atoms with Crippen LogP contribution < -0.4 is 5.56 Å². The number of para-hydroxylation sites is 1. The Kier molecular flexibility index (Phi) is 4.26. The quantitative estimate of drug-likeness (QED) is 0.764. The first-order valence-electron chi connectivity index (χ1n) is 10.1. The zero-order valence-corrected chi connectivity index (χ0v) is 15.9. The number of hydrogen-bond acceptors (Lipinski definition) is 3. The number of H-pyrrole nitrogens is 1. The SMILES string of the molecule is O=C(c1c[nH]c2ccccc12)N1CCC(Cn2nc3c(cc2=O)CCC3)CC1. The largest absolute Gasteiger partial charge is 0.360 e. The molecule has 0 spiro atoms. The van der Waals surface area contributed by atoms with Crippen LogP contribution >= 0.6 is 0 Å². The van der Waals surface area contributed by atoms with Gasteiger partial charge in [0, 0.05) is 42.8 Å². The van der Waals surface area contributed by atoms with Crippen LogP contribution in [0.2, 0.25) is 0 Å². The summed E-state index contributed by atoms with van der Waals surface area (Å²) in [5.41, 5.74) is 3.96. The lowest BCUT2D eigenvalue weighted by Gasteiger charge is -2.32. The fourth-order valence-corrected chi connectivity index (χ4v) is 4.55. The van der Waals surface area contributed by atoms with Gasteiger partial charge in [-0.05, 0) is 49.7 Å². The van der Waals surface area contributed by atoms with Crippen LogP contribution in [0.1, 0.15) is 40.9 Å². The van der Waals surface area contributed by atoms with Crippen molar-refractivity contribution in [2.75, 3.05) is 13.1 Å². The predicted octanol–water partition coefficient (Wildman–Crippen LogP) is 2.77. The van der Waals surface area contributed by atoms with E-state index in [1.807, 2.05) is 35.4 Å². The summed E-state index contributed by atoms with van der Waals surface area (Å²) >= 11 is 0. The Bertz CT molecular complexity index is 1090. The van der Waals surface area contributed by atoms with Crippen molar-refractivity contribution in [1.29, 1.82) is 0 Å². The molecule has 1 saturated heterocycles. The lowest BCUT2D eigenvalue weighted by Crippen LogP contribution is -2.40. The van der Waals surface area contributed by atoms with E-state index in [0.717, 1.165) is 72.9 Å². The van der Waals surface area contributed by atoms with E-state index >= 15 is 0 Å². The van der Waals surface area contributed by atoms with Crippen molar-refractivity contribution < 1.29 is 4.79 Å². The molecule has 2 aliphatic rings. The third kappa shape index (κ3) is 3.03. The molecule has 1 aliphatic carbocycles. The van der Waals surface area contributed by atoms with Crippen LogP contribution in [0.15, 0.2) is 41.3 Å². The van der Waals surface area contributed by atoms with Gasteiger partial charge in [0.15, 0.2) is 0 Å². The smallest absolute Gasteiger partial charge is 0.267 e. The summed E-state index contributed by atoms with van der Waals surface area (Å²) in [7, 11) is 0. The number of carbonyl (C=O) groups is 1. The highest BCUT2D eigenvalue weighted by Crippen LogP contribution is 2.24. The molecule has 28 heavy (non-hydrogen) atoms. The van der Waals surface area contributed by atoms with E-state index in [2.05, 4.69) is 10.1 Å². The number of aromatic nitrogens is 3. The minimum Gasteiger partial charge on any atom is -0.360 e. The summed E-state index contributed by atoms with van der Waals surface area (Å²) in [6, 6.07) is 9.66. The van der Waals surface area contributed by atoms with Crippen molar-refractivity contribution in [2.45, 2.75) is 38.6 Å². The van der Waals surface area contributed by atoms with Gasteiger partial charge in [0.1, 0.15) is 0 Å². The van der Waals surface area contributed by atoms with E-state index in [0.29, 0.717) is 12.5 Å². The number of hydrogen-bond donors (Lipinski definition) is 1. The predicted molar refractivity (Wildman–Crippen MR) is 107 cm³/mol. The molecule has 1 N–H and O–H groups in total. The van der Waals surface area contributed by atoms with Crippen molar-refractivity contribution in [3.63, 3.8) is 0 Å². The van der Waals surface area contributed by atoms with Crippen LogP contribution in [0.3, 0.4) is 0 Å². The third-order valence-corrected chi connectivity index (χ3v) is 6.18. The number of nitrogens with one attached hydrogen (secondary N) is 1. The average molecular weight is 376 g/mol. The van der Waals surface area contributed by atoms with Gasteiger partial charge in [-0.15, -0.1) is 0 Å². The molecule has 1 amide bonds. The molecule has 1 aliphatic heterocycles. The number of nitrogens with zero attached hydrogens (tertiary/aromatic N) is 3. The Morgan fingerprint density at radius 2 is 2.00 bits per heavy atom. The average Bonchev–Trinajstić information content (AvgIpc) is 3.35. The number of rotatable bonds is 3. The number of likely N-dealkylation sites (tertiary alicyclic amines) is 1. The Morgan fingerprint density at radius 3 is 2.86 bits per heavy atom. The van der Waals surface area contributed by atoms with Crippen LogP contribution in [-0.4, -0.2) is 38.7 Å². The van der Waals surface area contributed by atoms with Gasteiger partial charge in [-0.3, -0.25) is 9.59 Å². The van der Waals surface area contributed by atoms with Crippen LogP contribution in [0.25, 0.3) is 10.9 Å². The van der Waals surface area contributed by atoms with E-state index in [1.165, 1.54) is 0 Å². The number of fused-ring (bicyclic) bond motifs is 2. The molecule has 3 aromatic rings. The first-order chi connectivity index (χ1) is 13.7. The monoisotopic (exact) mass is 376 g/mol. The molecule has 1 fully saturated rings. The van der Waals surface area contributed by atoms with Crippen molar-refractivity contribution >= 4 is 16.8 Å². The number of aryl methyl sites for hydroxylation is 2. The van der Waals surface area contributed by atoms with Gasteiger partial charge in [-0.1, -0.05) is 18.2 Å². The van der Waals surface area contributed by atoms with E-state index in [4.69, 9.17) is 0 Å². The van der Waals surface area contributed by atoms with Crippen molar-refractivity contribution in [3.8, 4) is 0 Å². The number of amides is 1. The maximum absolute atomic E-state index is 13.0. The molecule has 144 valence electrons. The van der Waals surface area contributed by atoms with Gasteiger partial charge in [0.2, 0.25) is 0 Å². The number of piperidine rings is 1. The third-order valence-electron chi connectivity index (χ3n) is 6.18. The van der Waals surface area contributed by atoms with Crippen LogP contribution in [0.4, 0.5) is 0 Å². The van der Waals surface area contributed by atoms with Crippen LogP contribution in [0, 0.1) is 5.92 Å². The maximum atomic E-state index is 13.0. The Labute approximate surface area is 163 Å². The molecular weight excluding hydrogens is 352 g/mol. The normalized spacial score (nSPS) is 17.2. The van der Waals surface area contributed by atoms with Crippen molar-refractivity contribution in [2.24, 2.45) is 5.92 Å². The van der Waals surface area contributed by atoms with Crippen molar-refractivity contribution in [1.82, 2.24) is 19.7 Å². The van der Waals surface area contributed by atoms with E-state index < -0.39 is 0 Å². The second-order valence-electron chi connectivity index (χ2n) is 7.97. The van der Waals surface area contributed by atoms with E-state index in [9.17, 15) is 9.59 Å². The summed E-state index contributed by atoms with van der Waals surface area (Å²) in [5, 5.41) is 5.57. The van der Waals surface area contributed by atoms with Gasteiger partial charge < -0.3 is 9.88 Å².